The fraction of sp³-hybridized carbons (Fsp3) is 0.709. The van der Waals surface area contributed by atoms with Gasteiger partial charge in [-0.3, -0.25) is 72.1 Å². The molecule has 94 heavy (non-hydrogen) atoms. The lowest BCUT2D eigenvalue weighted by atomic mass is 9.99. The summed E-state index contributed by atoms with van der Waals surface area (Å²) in [4.78, 5) is 201. The van der Waals surface area contributed by atoms with Crippen LogP contribution in [0.2, 0.25) is 0 Å². The number of aliphatic hydroxyl groups excluding tert-OH is 2. The smallest absolute Gasteiger partial charge is 0.326 e. The van der Waals surface area contributed by atoms with Crippen LogP contribution in [-0.4, -0.2) is 241 Å². The summed E-state index contributed by atoms with van der Waals surface area (Å²) < 4.78 is 0. The Bertz CT molecular complexity index is 2620. The number of thioether (sulfide) groups is 1. The van der Waals surface area contributed by atoms with Gasteiger partial charge in [0.1, 0.15) is 66.5 Å². The third-order valence-corrected chi connectivity index (χ3v) is 15.2. The minimum absolute atomic E-state index is 0.0317. The summed E-state index contributed by atoms with van der Waals surface area (Å²) in [6.45, 7) is 7.43. The average Bonchev–Trinajstić information content (AvgIpc) is 0.976. The molecule has 0 unspecified atom stereocenters. The van der Waals surface area contributed by atoms with E-state index in [-0.39, 0.29) is 74.2 Å². The number of carbonyl (C=O) groups is 15. The predicted molar refractivity (Wildman–Crippen MR) is 346 cm³/mol. The van der Waals surface area contributed by atoms with Gasteiger partial charge in [0, 0.05) is 30.9 Å². The van der Waals surface area contributed by atoms with Crippen LogP contribution < -0.4 is 75.7 Å². The van der Waals surface area contributed by atoms with E-state index in [0.29, 0.717) is 6.42 Å². The number of aliphatic imine (C=N–C) groups is 1. The minimum atomic E-state index is -2.09. The summed E-state index contributed by atoms with van der Waals surface area (Å²) in [6, 6.07) is -19.3. The second-order valence-electron chi connectivity index (χ2n) is 22.6. The van der Waals surface area contributed by atoms with Crippen molar-refractivity contribution in [1.29, 1.82) is 0 Å². The molecule has 0 aromatic rings. The average molecular weight is 1400 g/mol. The topological polar surface area (TPSA) is 600 Å². The molecule has 534 valence electrons. The Morgan fingerprint density at radius 1 is 0.447 bits per heavy atom. The van der Waals surface area contributed by atoms with Crippen molar-refractivity contribution in [1.82, 2.24) is 58.5 Å². The Labute approximate surface area is 558 Å². The number of carboxylic acid groups (broad SMARTS) is 4. The highest BCUT2D eigenvalue weighted by atomic mass is 32.2. The van der Waals surface area contributed by atoms with Gasteiger partial charge in [0.2, 0.25) is 65.0 Å². The molecule has 13 atom stereocenters. The molecular formula is C55H95N15O21S3. The molecule has 0 rings (SSSR count). The van der Waals surface area contributed by atoms with E-state index in [4.69, 9.17) is 22.3 Å². The van der Waals surface area contributed by atoms with Crippen LogP contribution in [-0.2, 0) is 71.9 Å². The largest absolute Gasteiger partial charge is 0.481 e. The van der Waals surface area contributed by atoms with E-state index in [1.807, 2.05) is 0 Å². The number of nitrogens with two attached hydrogens (primary N) is 3. The summed E-state index contributed by atoms with van der Waals surface area (Å²) in [6.07, 6.45) is -1.80. The lowest BCUT2D eigenvalue weighted by molar-refractivity contribution is -0.144. The molecular weight excluding hydrogens is 1300 g/mol. The van der Waals surface area contributed by atoms with Crippen molar-refractivity contribution >= 4 is 132 Å². The molecule has 0 aromatic heterocycles. The molecule has 23 N–H and O–H groups in total. The number of hydrogen-bond acceptors (Lipinski definition) is 22. The van der Waals surface area contributed by atoms with Gasteiger partial charge in [-0.15, -0.1) is 0 Å². The first-order valence-electron chi connectivity index (χ1n) is 30.0. The lowest BCUT2D eigenvalue weighted by Crippen LogP contribution is -2.62. The van der Waals surface area contributed by atoms with Gasteiger partial charge in [-0.1, -0.05) is 48.0 Å². The van der Waals surface area contributed by atoms with Crippen LogP contribution in [0.15, 0.2) is 4.99 Å². The fourth-order valence-corrected chi connectivity index (χ4v) is 9.44. The second kappa shape index (κ2) is 45.6. The molecule has 0 saturated carbocycles. The zero-order chi connectivity index (χ0) is 72.1. The number of nitrogens with zero attached hydrogens (tertiary/aromatic N) is 1. The van der Waals surface area contributed by atoms with E-state index in [2.05, 4.69) is 88.7 Å². The van der Waals surface area contributed by atoms with Crippen molar-refractivity contribution in [3.8, 4) is 0 Å². The Balaban J connectivity index is 6.78. The molecule has 0 saturated heterocycles. The monoisotopic (exact) mass is 1400 g/mol. The number of amides is 11. The third kappa shape index (κ3) is 33.9. The van der Waals surface area contributed by atoms with Crippen molar-refractivity contribution in [2.75, 3.05) is 43.3 Å². The number of hydrogen-bond donors (Lipinski definition) is 22. The summed E-state index contributed by atoms with van der Waals surface area (Å²) in [5.74, 6) is -19.7. The van der Waals surface area contributed by atoms with Crippen molar-refractivity contribution in [3.05, 3.63) is 0 Å². The molecule has 0 aliphatic rings. The molecule has 36 nitrogen and oxygen atoms in total. The fourth-order valence-electron chi connectivity index (χ4n) is 8.46. The van der Waals surface area contributed by atoms with Gasteiger partial charge in [-0.25, -0.2) is 4.79 Å². The van der Waals surface area contributed by atoms with Gasteiger partial charge in [0.25, 0.3) is 0 Å². The normalized spacial score (nSPS) is 15.3. The molecule has 0 aromatic carbocycles. The van der Waals surface area contributed by atoms with E-state index in [9.17, 15) is 97.5 Å². The number of carboxylic acids is 4. The van der Waals surface area contributed by atoms with Crippen LogP contribution >= 0.6 is 37.0 Å². The number of guanidine groups is 1. The van der Waals surface area contributed by atoms with Gasteiger partial charge in [-0.2, -0.15) is 37.0 Å². The number of nitrogens with one attached hydrogen (secondary N) is 11. The van der Waals surface area contributed by atoms with E-state index < -0.39 is 212 Å². The van der Waals surface area contributed by atoms with Gasteiger partial charge >= 0.3 is 23.9 Å². The summed E-state index contributed by atoms with van der Waals surface area (Å²) in [7, 11) is 0. The first-order chi connectivity index (χ1) is 44.0. The van der Waals surface area contributed by atoms with Crippen LogP contribution in [0.4, 0.5) is 0 Å². The zero-order valence-corrected chi connectivity index (χ0v) is 56.1. The highest BCUT2D eigenvalue weighted by Gasteiger charge is 2.38. The van der Waals surface area contributed by atoms with Gasteiger partial charge in [0.05, 0.1) is 25.7 Å². The van der Waals surface area contributed by atoms with Crippen molar-refractivity contribution in [3.63, 3.8) is 0 Å². The highest BCUT2D eigenvalue weighted by molar-refractivity contribution is 7.98. The van der Waals surface area contributed by atoms with E-state index in [1.165, 1.54) is 11.8 Å². The lowest BCUT2D eigenvalue weighted by Gasteiger charge is -2.29. The number of aliphatic hydroxyl groups is 2. The molecule has 0 aliphatic heterocycles. The molecule has 11 amide bonds. The predicted octanol–water partition coefficient (Wildman–Crippen LogP) is -6.28. The molecule has 0 bridgehead atoms. The molecule has 39 heteroatoms. The van der Waals surface area contributed by atoms with Gasteiger partial charge in [-0.05, 0) is 74.7 Å². The second-order valence-corrected chi connectivity index (χ2v) is 24.3. The maximum Gasteiger partial charge on any atom is 0.326 e. The first-order valence-corrected chi connectivity index (χ1v) is 32.6. The molecule has 0 radical (unpaired) electrons. The Hall–Kier alpha value is -7.75. The zero-order valence-electron chi connectivity index (χ0n) is 53.5. The van der Waals surface area contributed by atoms with Crippen LogP contribution in [0.25, 0.3) is 0 Å². The van der Waals surface area contributed by atoms with Crippen molar-refractivity contribution in [2.45, 2.75) is 185 Å². The molecule has 0 fully saturated rings. The highest BCUT2D eigenvalue weighted by Crippen LogP contribution is 2.14. The molecule has 0 spiro atoms. The van der Waals surface area contributed by atoms with Crippen molar-refractivity contribution < 1.29 is 103 Å². The number of rotatable bonds is 48. The number of thiol groups is 2. The summed E-state index contributed by atoms with van der Waals surface area (Å²) in [5, 5.41) is 84.2. The Morgan fingerprint density at radius 3 is 1.17 bits per heavy atom. The first kappa shape index (κ1) is 86.2. The van der Waals surface area contributed by atoms with Crippen molar-refractivity contribution in [2.24, 2.45) is 39.9 Å². The molecule has 0 heterocycles. The van der Waals surface area contributed by atoms with E-state index >= 15 is 0 Å². The summed E-state index contributed by atoms with van der Waals surface area (Å²) in [5.41, 5.74) is 16.7. The third-order valence-electron chi connectivity index (χ3n) is 13.8. The van der Waals surface area contributed by atoms with Crippen LogP contribution in [0, 0.1) is 17.8 Å². The molecule has 0 aliphatic carbocycles. The quantitative estimate of drug-likeness (QED) is 0.0117. The Morgan fingerprint density at radius 2 is 0.787 bits per heavy atom. The number of aliphatic carboxylic acids is 4. The van der Waals surface area contributed by atoms with Crippen LogP contribution in [0.1, 0.15) is 112 Å². The SMILES string of the molecule is CC[C@H](C)[C@H](NC(=O)[C@H](CS)NC(=O)[C@H](CCCN=C(N)N)NC(=O)[C@H](CC(C)C)NC(=O)[C@H](CCC(=O)O)NC(=O)[C@H](CC(C)C)NC(=O)[C@H](CC(=O)O)NC(=O)[C@H](CO)NC(=O)[C@H](CO)NC(=O)[C@H](CCSC)NC(=O)[C@H](CS)NC(=O)[C@@H](N)CCC(=O)O)C(=O)O. The van der Waals surface area contributed by atoms with Crippen LogP contribution in [0.5, 0.6) is 0 Å². The van der Waals surface area contributed by atoms with Gasteiger partial charge < -0.3 is 106 Å². The summed E-state index contributed by atoms with van der Waals surface area (Å²) >= 11 is 9.48. The standard InChI is InChI=1S/C55H95N15O21S3/c1-8-27(6)42(54(90)91)70-53(89)38(24-93)69-44(80)29(10-9-16-59-55(57)58)60-47(83)32(18-25(2)3)63-45(81)30(12-14-40(75)76)61-48(84)33(19-26(4)5)64-49(85)34(20-41(77)78)65-50(86)35(21-71)67-51(87)36(22-72)66-46(82)31(15-17-94-7)62-52(88)37(23-92)68-43(79)28(56)11-13-39(73)74/h25-38,42,71-72,92-93H,8-24,56H2,1-7H3,(H,60,83)(H,61,84)(H,62,88)(H,63,81)(H,64,85)(H,65,86)(H,66,82)(H,67,87)(H,68,79)(H,69,80)(H,70,89)(H,73,74)(H,75,76)(H,77,78)(H,90,91)(H4,57,58,59)/t27-,28-,29-,30-,31-,32-,33-,34-,35-,36-,37-,38-,42-/m0/s1. The Kier molecular flexibility index (Phi) is 41.8. The van der Waals surface area contributed by atoms with Crippen LogP contribution in [0.3, 0.4) is 0 Å². The maximum atomic E-state index is 14.2. The minimum Gasteiger partial charge on any atom is -0.481 e. The number of carbonyl (C=O) groups excluding carboxylic acids is 11. The van der Waals surface area contributed by atoms with Gasteiger partial charge in [0.15, 0.2) is 5.96 Å². The van der Waals surface area contributed by atoms with E-state index in [0.717, 1.165) is 0 Å². The van der Waals surface area contributed by atoms with E-state index in [1.54, 1.807) is 47.8 Å². The maximum absolute atomic E-state index is 14.2.